The highest BCUT2D eigenvalue weighted by Crippen LogP contribution is 2.53. The second-order valence-electron chi connectivity index (χ2n) is 17.8. The second-order valence-corrected chi connectivity index (χ2v) is 18.2. The predicted molar refractivity (Wildman–Crippen MR) is 213 cm³/mol. The number of nitrogens with zero attached hydrogens (tertiary/aromatic N) is 3. The SMILES string of the molecule is O=C(N[C@H]1CCCCCCC[C@@H]2C[C@@]2(C(=O)O)NC(=O)[C@@H]2C[C@@H](Oc3cc(C4CC4)nc4c(Cl)c(OCCN5CCOCC5)ccc34)CN2C1=O)OC1CC2CC2C1. The number of pyridine rings is 1. The minimum atomic E-state index is -1.35. The molecule has 4 saturated carbocycles. The van der Waals surface area contributed by atoms with Gasteiger partial charge in [-0.15, -0.1) is 0 Å². The van der Waals surface area contributed by atoms with Crippen LogP contribution in [0, 0.1) is 17.8 Å². The number of hydrogen-bond donors (Lipinski definition) is 3. The van der Waals surface area contributed by atoms with Gasteiger partial charge in [0.25, 0.3) is 0 Å². The number of carbonyl (C=O) groups is 4. The van der Waals surface area contributed by atoms with E-state index in [9.17, 15) is 24.3 Å². The third kappa shape index (κ3) is 8.56. The molecule has 7 fully saturated rings. The summed E-state index contributed by atoms with van der Waals surface area (Å²) in [7, 11) is 0. The van der Waals surface area contributed by atoms with Gasteiger partial charge in [-0.05, 0) is 81.3 Å². The Morgan fingerprint density at radius 3 is 2.48 bits per heavy atom. The third-order valence-corrected chi connectivity index (χ3v) is 14.1. The number of benzene rings is 1. The smallest absolute Gasteiger partial charge is 0.408 e. The monoisotopic (exact) mass is 821 g/mol. The normalized spacial score (nSPS) is 32.8. The van der Waals surface area contributed by atoms with Crippen LogP contribution >= 0.6 is 11.6 Å². The van der Waals surface area contributed by atoms with Crippen molar-refractivity contribution in [2.75, 3.05) is 46.0 Å². The highest BCUT2D eigenvalue weighted by Gasteiger charge is 2.62. The number of fused-ring (bicyclic) bond motifs is 4. The molecule has 14 nitrogen and oxygen atoms in total. The fraction of sp³-hybridized carbons (Fsp3) is 0.698. The zero-order chi connectivity index (χ0) is 40.0. The van der Waals surface area contributed by atoms with Gasteiger partial charge in [0.1, 0.15) is 53.0 Å². The van der Waals surface area contributed by atoms with Gasteiger partial charge in [-0.2, -0.15) is 0 Å². The molecule has 3 amide bonds. The van der Waals surface area contributed by atoms with Crippen LogP contribution in [0.3, 0.4) is 0 Å². The standard InChI is InChI=1S/C43H56ClN5O9/c44-37-35(56-17-14-48-12-15-55-16-13-48)11-10-31-36(22-33(25-8-9-25)45-38(31)37)57-30-21-34-39(50)47-43(41(52)53)23-28(43)6-4-2-1-3-5-7-32(40(51)49(34)24-30)46-42(54)58-29-19-26-18-27(26)20-29/h10-11,22,25-30,32,34H,1-9,12-21,23-24H2,(H,46,54)(H,47,50)(H,52,53)/t26?,27?,28-,29?,30-,32+,34+,43-/m1/s1. The first kappa shape index (κ1) is 39.6. The maximum absolute atomic E-state index is 14.6. The summed E-state index contributed by atoms with van der Waals surface area (Å²) in [5.74, 6) is 0.493. The molecule has 0 bridgehead atoms. The molecule has 0 radical (unpaired) electrons. The lowest BCUT2D eigenvalue weighted by Crippen LogP contribution is -2.56. The van der Waals surface area contributed by atoms with Crippen LogP contribution in [0.15, 0.2) is 18.2 Å². The van der Waals surface area contributed by atoms with E-state index in [4.69, 9.17) is 35.5 Å². The Morgan fingerprint density at radius 1 is 0.966 bits per heavy atom. The van der Waals surface area contributed by atoms with Gasteiger partial charge in [-0.25, -0.2) is 9.59 Å². The molecule has 1 aromatic heterocycles. The molecule has 7 atom stereocenters. The fourth-order valence-corrected chi connectivity index (χ4v) is 10.2. The third-order valence-electron chi connectivity index (χ3n) is 13.7. The van der Waals surface area contributed by atoms with Gasteiger partial charge in [0.2, 0.25) is 11.8 Å². The number of carbonyl (C=O) groups excluding carboxylic acids is 3. The summed E-state index contributed by atoms with van der Waals surface area (Å²) in [4.78, 5) is 63.6. The maximum Gasteiger partial charge on any atom is 0.408 e. The van der Waals surface area contributed by atoms with Crippen molar-refractivity contribution in [3.63, 3.8) is 0 Å². The fourth-order valence-electron chi connectivity index (χ4n) is 9.95. The van der Waals surface area contributed by atoms with Crippen molar-refractivity contribution in [3.05, 3.63) is 28.9 Å². The Hall–Kier alpha value is -3.88. The molecule has 1 aromatic carbocycles. The van der Waals surface area contributed by atoms with E-state index in [0.717, 1.165) is 76.7 Å². The Kier molecular flexibility index (Phi) is 11.4. The first-order chi connectivity index (χ1) is 28.1. The summed E-state index contributed by atoms with van der Waals surface area (Å²) in [5.41, 5.74) is 0.0762. The lowest BCUT2D eigenvalue weighted by atomic mass is 10.0. The van der Waals surface area contributed by atoms with Crippen molar-refractivity contribution in [1.29, 1.82) is 0 Å². The minimum Gasteiger partial charge on any atom is -0.491 e. The summed E-state index contributed by atoms with van der Waals surface area (Å²) in [5, 5.41) is 17.2. The second kappa shape index (κ2) is 16.6. The molecule has 4 heterocycles. The molecule has 3 aliphatic heterocycles. The number of aromatic nitrogens is 1. The number of halogens is 1. The average Bonchev–Trinajstić information content (AvgIpc) is 4.18. The number of aliphatic carboxylic acids is 1. The van der Waals surface area contributed by atoms with E-state index in [-0.39, 0.29) is 30.9 Å². The molecule has 15 heteroatoms. The van der Waals surface area contributed by atoms with Crippen LogP contribution < -0.4 is 20.1 Å². The zero-order valence-electron chi connectivity index (χ0n) is 33.1. The molecule has 0 spiro atoms. The molecule has 2 unspecified atom stereocenters. The predicted octanol–water partition coefficient (Wildman–Crippen LogP) is 5.42. The quantitative estimate of drug-likeness (QED) is 0.280. The van der Waals surface area contributed by atoms with Crippen LogP contribution in [0.25, 0.3) is 10.9 Å². The van der Waals surface area contributed by atoms with Crippen molar-refractivity contribution in [2.24, 2.45) is 17.8 Å². The van der Waals surface area contributed by atoms with Crippen molar-refractivity contribution >= 4 is 46.4 Å². The summed E-state index contributed by atoms with van der Waals surface area (Å²) < 4.78 is 24.2. The number of alkyl carbamates (subject to hydrolysis) is 1. The average molecular weight is 822 g/mol. The van der Waals surface area contributed by atoms with Gasteiger partial charge in [0.05, 0.1) is 25.3 Å². The number of carboxylic acid groups (broad SMARTS) is 1. The van der Waals surface area contributed by atoms with Crippen molar-refractivity contribution < 1.29 is 43.2 Å². The molecule has 3 saturated heterocycles. The van der Waals surface area contributed by atoms with Gasteiger partial charge in [-0.3, -0.25) is 19.5 Å². The van der Waals surface area contributed by atoms with Crippen LogP contribution in [0.2, 0.25) is 5.02 Å². The number of nitrogens with one attached hydrogen (secondary N) is 2. The molecule has 9 rings (SSSR count). The van der Waals surface area contributed by atoms with Gasteiger partial charge in [0.15, 0.2) is 0 Å². The lowest BCUT2D eigenvalue weighted by molar-refractivity contribution is -0.146. The molecule has 314 valence electrons. The number of carboxylic acids is 1. The highest BCUT2D eigenvalue weighted by molar-refractivity contribution is 6.36. The first-order valence-electron chi connectivity index (χ1n) is 21.7. The zero-order valence-corrected chi connectivity index (χ0v) is 33.9. The largest absolute Gasteiger partial charge is 0.491 e. The number of ether oxygens (including phenoxy) is 4. The Bertz CT molecular complexity index is 1900. The van der Waals surface area contributed by atoms with E-state index in [1.165, 1.54) is 11.3 Å². The van der Waals surface area contributed by atoms with Gasteiger partial charge in [-0.1, -0.05) is 43.7 Å². The van der Waals surface area contributed by atoms with Gasteiger partial charge < -0.3 is 39.6 Å². The first-order valence-corrected chi connectivity index (χ1v) is 22.1. The van der Waals surface area contributed by atoms with Gasteiger partial charge in [0, 0.05) is 49.1 Å². The van der Waals surface area contributed by atoms with Crippen molar-refractivity contribution in [3.8, 4) is 11.5 Å². The lowest BCUT2D eigenvalue weighted by Gasteiger charge is -2.29. The van der Waals surface area contributed by atoms with Crippen LogP contribution in [0.4, 0.5) is 4.79 Å². The van der Waals surface area contributed by atoms with Crippen LogP contribution in [0.1, 0.15) is 102 Å². The van der Waals surface area contributed by atoms with Crippen LogP contribution in [0.5, 0.6) is 11.5 Å². The Morgan fingerprint density at radius 2 is 1.72 bits per heavy atom. The van der Waals surface area contributed by atoms with Crippen molar-refractivity contribution in [1.82, 2.24) is 25.4 Å². The summed E-state index contributed by atoms with van der Waals surface area (Å²) in [6.07, 6.45) is 9.48. The number of rotatable bonds is 10. The van der Waals surface area contributed by atoms with E-state index >= 15 is 0 Å². The number of morpholine rings is 1. The maximum atomic E-state index is 14.6. The van der Waals surface area contributed by atoms with Crippen LogP contribution in [-0.2, 0) is 23.9 Å². The Labute approximate surface area is 344 Å². The van der Waals surface area contributed by atoms with Gasteiger partial charge >= 0.3 is 12.1 Å². The van der Waals surface area contributed by atoms with E-state index in [2.05, 4.69) is 15.5 Å². The molecule has 4 aliphatic carbocycles. The number of hydrogen-bond acceptors (Lipinski definition) is 10. The van der Waals surface area contributed by atoms with E-state index in [1.807, 2.05) is 18.2 Å². The molecule has 58 heavy (non-hydrogen) atoms. The van der Waals surface area contributed by atoms with E-state index in [1.54, 1.807) is 0 Å². The topological polar surface area (TPSA) is 169 Å². The van der Waals surface area contributed by atoms with E-state index in [0.29, 0.717) is 84.8 Å². The molecule has 2 aromatic rings. The Balaban J connectivity index is 0.966. The van der Waals surface area contributed by atoms with Crippen molar-refractivity contribution in [2.45, 2.75) is 126 Å². The highest BCUT2D eigenvalue weighted by atomic mass is 35.5. The molecule has 7 aliphatic rings. The summed E-state index contributed by atoms with van der Waals surface area (Å²) in [6.45, 7) is 4.43. The minimum absolute atomic E-state index is 0.0681. The summed E-state index contributed by atoms with van der Waals surface area (Å²) in [6, 6.07) is 3.74. The van der Waals surface area contributed by atoms with E-state index < -0.39 is 47.6 Å². The summed E-state index contributed by atoms with van der Waals surface area (Å²) >= 11 is 7.01. The number of amides is 3. The molecular formula is C43H56ClN5O9. The molecular weight excluding hydrogens is 766 g/mol. The van der Waals surface area contributed by atoms with Crippen LogP contribution in [-0.4, -0.2) is 120 Å². The molecule has 3 N–H and O–H groups in total.